The quantitative estimate of drug-likeness (QED) is 0.817. The van der Waals surface area contributed by atoms with Crippen molar-refractivity contribution in [2.24, 2.45) is 0 Å². The average Bonchev–Trinajstić information content (AvgIpc) is 2.59. The fraction of sp³-hybridized carbons (Fsp3) is 0.438. The number of anilines is 1. The summed E-state index contributed by atoms with van der Waals surface area (Å²) in [4.78, 5) is 4.31. The van der Waals surface area contributed by atoms with Crippen LogP contribution >= 0.6 is 0 Å². The lowest BCUT2D eigenvalue weighted by atomic mass is 9.77. The van der Waals surface area contributed by atoms with Gasteiger partial charge in [-0.2, -0.15) is 0 Å². The summed E-state index contributed by atoms with van der Waals surface area (Å²) in [6.07, 6.45) is 1.76. The first kappa shape index (κ1) is 14.4. The van der Waals surface area contributed by atoms with Crippen molar-refractivity contribution in [2.75, 3.05) is 5.73 Å². The van der Waals surface area contributed by atoms with Gasteiger partial charge in [-0.05, 0) is 46.1 Å². The molecule has 0 amide bonds. The van der Waals surface area contributed by atoms with Gasteiger partial charge >= 0.3 is 7.12 Å². The number of nitrogen functional groups attached to an aromatic ring is 1. The predicted octanol–water partition coefficient (Wildman–Crippen LogP) is 2.42. The molecule has 0 atom stereocenters. The molecule has 2 aromatic rings. The Balaban J connectivity index is 2.13. The molecule has 1 aromatic carbocycles. The van der Waals surface area contributed by atoms with Crippen molar-refractivity contribution in [3.63, 3.8) is 0 Å². The number of benzene rings is 1. The maximum absolute atomic E-state index is 6.13. The van der Waals surface area contributed by atoms with Crippen LogP contribution in [0.15, 0.2) is 24.4 Å². The van der Waals surface area contributed by atoms with Gasteiger partial charge in [-0.3, -0.25) is 0 Å². The first-order chi connectivity index (χ1) is 9.71. The highest BCUT2D eigenvalue weighted by Gasteiger charge is 2.52. The summed E-state index contributed by atoms with van der Waals surface area (Å²) in [5.41, 5.74) is 7.36. The number of hydrogen-bond donors (Lipinski definition) is 1. The molecule has 1 saturated heterocycles. The maximum Gasteiger partial charge on any atom is 0.497 e. The minimum atomic E-state index is -0.423. The van der Waals surface area contributed by atoms with Gasteiger partial charge in [-0.1, -0.05) is 17.7 Å². The molecule has 1 aliphatic heterocycles. The SMILES string of the molecule is Cc1ccc2c(B3OC(C)(C)C(C)(C)O3)cnc(N)c2c1. The normalized spacial score (nSPS) is 20.1. The molecule has 5 heteroatoms. The minimum absolute atomic E-state index is 0.365. The average molecular weight is 284 g/mol. The van der Waals surface area contributed by atoms with Crippen molar-refractivity contribution >= 4 is 29.2 Å². The van der Waals surface area contributed by atoms with Gasteiger partial charge in [0.05, 0.1) is 11.2 Å². The van der Waals surface area contributed by atoms with E-state index in [1.807, 2.05) is 40.7 Å². The van der Waals surface area contributed by atoms with Crippen LogP contribution < -0.4 is 11.2 Å². The lowest BCUT2D eigenvalue weighted by molar-refractivity contribution is 0.00578. The first-order valence-corrected chi connectivity index (χ1v) is 7.22. The second kappa shape index (κ2) is 4.45. The Labute approximate surface area is 125 Å². The van der Waals surface area contributed by atoms with Gasteiger partial charge in [0.25, 0.3) is 0 Å². The molecule has 4 nitrogen and oxygen atoms in total. The maximum atomic E-state index is 6.13. The fourth-order valence-electron chi connectivity index (χ4n) is 2.56. The monoisotopic (exact) mass is 284 g/mol. The lowest BCUT2D eigenvalue weighted by Gasteiger charge is -2.32. The number of rotatable bonds is 1. The predicted molar refractivity (Wildman–Crippen MR) is 86.6 cm³/mol. The van der Waals surface area contributed by atoms with Crippen molar-refractivity contribution in [2.45, 2.75) is 45.8 Å². The van der Waals surface area contributed by atoms with Crippen molar-refractivity contribution in [1.29, 1.82) is 0 Å². The third-order valence-corrected chi connectivity index (χ3v) is 4.61. The molecular weight excluding hydrogens is 263 g/mol. The zero-order valence-corrected chi connectivity index (χ0v) is 13.2. The molecule has 110 valence electrons. The first-order valence-electron chi connectivity index (χ1n) is 7.22. The van der Waals surface area contributed by atoms with Gasteiger partial charge in [-0.25, -0.2) is 4.98 Å². The van der Waals surface area contributed by atoms with E-state index in [0.717, 1.165) is 21.8 Å². The Hall–Kier alpha value is -1.59. The summed E-state index contributed by atoms with van der Waals surface area (Å²) < 4.78 is 12.3. The number of nitrogens with two attached hydrogens (primary N) is 1. The van der Waals surface area contributed by atoms with E-state index in [0.29, 0.717) is 5.82 Å². The number of nitrogens with zero attached hydrogens (tertiary/aromatic N) is 1. The molecule has 2 heterocycles. The van der Waals surface area contributed by atoms with E-state index in [-0.39, 0.29) is 11.2 Å². The van der Waals surface area contributed by atoms with Gasteiger partial charge in [0.15, 0.2) is 0 Å². The van der Waals surface area contributed by atoms with Gasteiger partial charge < -0.3 is 15.0 Å². The largest absolute Gasteiger partial charge is 0.497 e. The summed E-state index contributed by atoms with van der Waals surface area (Å²) in [6, 6.07) is 6.17. The van der Waals surface area contributed by atoms with Gasteiger partial charge in [0, 0.05) is 17.0 Å². The molecule has 0 bridgehead atoms. The summed E-state index contributed by atoms with van der Waals surface area (Å²) in [5.74, 6) is 0.536. The summed E-state index contributed by atoms with van der Waals surface area (Å²) in [7, 11) is -0.423. The van der Waals surface area contributed by atoms with E-state index in [9.17, 15) is 0 Å². The number of fused-ring (bicyclic) bond motifs is 1. The summed E-state index contributed by atoms with van der Waals surface area (Å²) in [5, 5.41) is 1.98. The van der Waals surface area contributed by atoms with Crippen LogP contribution in [-0.4, -0.2) is 23.3 Å². The Morgan fingerprint density at radius 1 is 1.05 bits per heavy atom. The van der Waals surface area contributed by atoms with Crippen molar-refractivity contribution in [3.05, 3.63) is 30.0 Å². The van der Waals surface area contributed by atoms with Crippen LogP contribution in [0.25, 0.3) is 10.8 Å². The number of pyridine rings is 1. The molecule has 0 saturated carbocycles. The highest BCUT2D eigenvalue weighted by Crippen LogP contribution is 2.37. The standard InChI is InChI=1S/C16H21BN2O2/c1-10-6-7-11-12(8-10)14(18)19-9-13(11)17-20-15(2,3)16(4,5)21-17/h6-9H,1-5H3,(H2,18,19). The van der Waals surface area contributed by atoms with E-state index >= 15 is 0 Å². The van der Waals surface area contributed by atoms with E-state index in [1.54, 1.807) is 6.20 Å². The number of aryl methyl sites for hydroxylation is 1. The van der Waals surface area contributed by atoms with Crippen LogP contribution in [0.3, 0.4) is 0 Å². The van der Waals surface area contributed by atoms with Crippen LogP contribution in [-0.2, 0) is 9.31 Å². The molecule has 0 unspecified atom stereocenters. The lowest BCUT2D eigenvalue weighted by Crippen LogP contribution is -2.41. The third kappa shape index (κ3) is 2.21. The highest BCUT2D eigenvalue weighted by molar-refractivity contribution is 6.65. The Morgan fingerprint density at radius 3 is 2.29 bits per heavy atom. The molecule has 2 N–H and O–H groups in total. The molecular formula is C16H21BN2O2. The molecule has 21 heavy (non-hydrogen) atoms. The third-order valence-electron chi connectivity index (χ3n) is 4.61. The topological polar surface area (TPSA) is 57.4 Å². The molecule has 1 fully saturated rings. The molecule has 1 aliphatic rings. The van der Waals surface area contributed by atoms with Crippen LogP contribution in [0.4, 0.5) is 5.82 Å². The fourth-order valence-corrected chi connectivity index (χ4v) is 2.56. The minimum Gasteiger partial charge on any atom is -0.399 e. The van der Waals surface area contributed by atoms with Crippen LogP contribution in [0.5, 0.6) is 0 Å². The van der Waals surface area contributed by atoms with Crippen LogP contribution in [0.1, 0.15) is 33.3 Å². The zero-order valence-electron chi connectivity index (χ0n) is 13.2. The van der Waals surface area contributed by atoms with E-state index in [1.165, 1.54) is 0 Å². The molecule has 3 rings (SSSR count). The van der Waals surface area contributed by atoms with Crippen LogP contribution in [0, 0.1) is 6.92 Å². The molecule has 1 aromatic heterocycles. The van der Waals surface area contributed by atoms with E-state index < -0.39 is 7.12 Å². The van der Waals surface area contributed by atoms with Crippen LogP contribution in [0.2, 0.25) is 0 Å². The smallest absolute Gasteiger partial charge is 0.399 e. The molecule has 0 aliphatic carbocycles. The Bertz CT molecular complexity index is 697. The van der Waals surface area contributed by atoms with Gasteiger partial charge in [0.2, 0.25) is 0 Å². The van der Waals surface area contributed by atoms with Gasteiger partial charge in [-0.15, -0.1) is 0 Å². The summed E-state index contributed by atoms with van der Waals surface area (Å²) >= 11 is 0. The van der Waals surface area contributed by atoms with E-state index in [4.69, 9.17) is 15.0 Å². The number of hydrogen-bond acceptors (Lipinski definition) is 4. The van der Waals surface area contributed by atoms with E-state index in [2.05, 4.69) is 17.1 Å². The second-order valence-corrected chi connectivity index (χ2v) is 6.74. The second-order valence-electron chi connectivity index (χ2n) is 6.74. The molecule has 0 radical (unpaired) electrons. The molecule has 0 spiro atoms. The number of aromatic nitrogens is 1. The van der Waals surface area contributed by atoms with Crippen molar-refractivity contribution in [3.8, 4) is 0 Å². The summed E-state index contributed by atoms with van der Waals surface area (Å²) in [6.45, 7) is 10.2. The van der Waals surface area contributed by atoms with Crippen molar-refractivity contribution in [1.82, 2.24) is 4.98 Å². The Kier molecular flexibility index (Phi) is 3.04. The Morgan fingerprint density at radius 2 is 1.67 bits per heavy atom. The zero-order chi connectivity index (χ0) is 15.4. The van der Waals surface area contributed by atoms with Gasteiger partial charge in [0.1, 0.15) is 5.82 Å². The highest BCUT2D eigenvalue weighted by atomic mass is 16.7. The van der Waals surface area contributed by atoms with Crippen molar-refractivity contribution < 1.29 is 9.31 Å².